The number of ether oxygens (including phenoxy) is 2. The third-order valence-corrected chi connectivity index (χ3v) is 7.99. The Bertz CT molecular complexity index is 1320. The van der Waals surface area contributed by atoms with E-state index in [4.69, 9.17) is 4.74 Å². The van der Waals surface area contributed by atoms with Gasteiger partial charge in [-0.2, -0.15) is 0 Å². The van der Waals surface area contributed by atoms with Gasteiger partial charge in [0.2, 0.25) is 5.91 Å². The zero-order valence-electron chi connectivity index (χ0n) is 23.9. The standard InChI is InChI=1S/C30H35F3N2O6S/c1-29(2,3)17-35-22-10-9-19(42-4)15-21(22)26(20-7-5-6-8-23(20)41-30(31,32)33)40-24(27(35)37)16-25(36)34-13-11-18(12-14-34)28(38)39/h5-10,15,18,24,26H,11-14,16-17H2,1-4H3,(H,38,39)/t24-,26-/m0/s1. The Morgan fingerprint density at radius 1 is 1.07 bits per heavy atom. The van der Waals surface area contributed by atoms with Crippen LogP contribution in [-0.4, -0.2) is 66.1 Å². The molecule has 2 aliphatic heterocycles. The van der Waals surface area contributed by atoms with E-state index in [9.17, 15) is 32.7 Å². The minimum absolute atomic E-state index is 0.0689. The molecule has 2 atom stereocenters. The Kier molecular flexibility index (Phi) is 9.46. The first-order chi connectivity index (χ1) is 19.7. The molecule has 0 spiro atoms. The SMILES string of the molecule is CSc1ccc2c(c1)[C@H](c1ccccc1OC(F)(F)F)O[C@@H](CC(=O)N1CCC(C(=O)O)CC1)C(=O)N2CC(C)(C)C. The van der Waals surface area contributed by atoms with Crippen LogP contribution in [0.4, 0.5) is 18.9 Å². The number of carboxylic acids is 1. The largest absolute Gasteiger partial charge is 0.573 e. The van der Waals surface area contributed by atoms with E-state index in [1.807, 2.05) is 33.1 Å². The molecular formula is C30H35F3N2O6S. The minimum atomic E-state index is -4.96. The number of halogens is 3. The van der Waals surface area contributed by atoms with Gasteiger partial charge in [0.15, 0.2) is 0 Å². The van der Waals surface area contributed by atoms with Gasteiger partial charge in [-0.15, -0.1) is 24.9 Å². The predicted octanol–water partition coefficient (Wildman–Crippen LogP) is 5.89. The van der Waals surface area contributed by atoms with Crippen molar-refractivity contribution in [1.29, 1.82) is 0 Å². The summed E-state index contributed by atoms with van der Waals surface area (Å²) in [6.45, 7) is 6.59. The summed E-state index contributed by atoms with van der Waals surface area (Å²) in [5.74, 6) is -2.78. The molecule has 0 unspecified atom stereocenters. The van der Waals surface area contributed by atoms with E-state index in [1.165, 1.54) is 34.9 Å². The number of rotatable bonds is 7. The van der Waals surface area contributed by atoms with E-state index in [0.29, 0.717) is 24.1 Å². The molecule has 0 aliphatic carbocycles. The summed E-state index contributed by atoms with van der Waals surface area (Å²) in [6.07, 6.45) is -5.33. The molecule has 2 heterocycles. The molecule has 4 rings (SSSR count). The number of thioether (sulfide) groups is 1. The van der Waals surface area contributed by atoms with Crippen molar-refractivity contribution in [2.45, 2.75) is 63.5 Å². The Hall–Kier alpha value is -3.25. The van der Waals surface area contributed by atoms with E-state index in [2.05, 4.69) is 4.74 Å². The van der Waals surface area contributed by atoms with Crippen LogP contribution in [0.25, 0.3) is 0 Å². The molecule has 2 aromatic carbocycles. The van der Waals surface area contributed by atoms with Crippen LogP contribution in [-0.2, 0) is 19.1 Å². The van der Waals surface area contributed by atoms with Crippen LogP contribution < -0.4 is 9.64 Å². The van der Waals surface area contributed by atoms with Crippen molar-refractivity contribution in [3.05, 3.63) is 53.6 Å². The van der Waals surface area contributed by atoms with E-state index in [1.54, 1.807) is 23.1 Å². The normalized spacial score (nSPS) is 20.2. The average molecular weight is 609 g/mol. The van der Waals surface area contributed by atoms with Crippen molar-refractivity contribution in [2.75, 3.05) is 30.8 Å². The maximum absolute atomic E-state index is 14.1. The number of piperidine rings is 1. The highest BCUT2D eigenvalue weighted by Crippen LogP contribution is 2.44. The Balaban J connectivity index is 1.78. The molecule has 2 amide bonds. The fourth-order valence-electron chi connectivity index (χ4n) is 5.30. The first-order valence-electron chi connectivity index (χ1n) is 13.7. The summed E-state index contributed by atoms with van der Waals surface area (Å²) in [5.41, 5.74) is 0.668. The third-order valence-electron chi connectivity index (χ3n) is 7.27. The van der Waals surface area contributed by atoms with Gasteiger partial charge in [0.1, 0.15) is 18.0 Å². The Morgan fingerprint density at radius 2 is 1.74 bits per heavy atom. The number of likely N-dealkylation sites (tertiary alicyclic amines) is 1. The monoisotopic (exact) mass is 608 g/mol. The lowest BCUT2D eigenvalue weighted by molar-refractivity contribution is -0.275. The highest BCUT2D eigenvalue weighted by Gasteiger charge is 2.42. The van der Waals surface area contributed by atoms with Gasteiger partial charge in [-0.3, -0.25) is 14.4 Å². The molecule has 8 nitrogen and oxygen atoms in total. The molecule has 2 aliphatic rings. The second kappa shape index (κ2) is 12.5. The smallest absolute Gasteiger partial charge is 0.481 e. The summed E-state index contributed by atoms with van der Waals surface area (Å²) < 4.78 is 51.0. The van der Waals surface area contributed by atoms with Gasteiger partial charge in [-0.05, 0) is 48.8 Å². The maximum Gasteiger partial charge on any atom is 0.573 e. The van der Waals surface area contributed by atoms with Crippen molar-refractivity contribution in [1.82, 2.24) is 4.90 Å². The van der Waals surface area contributed by atoms with Crippen LogP contribution in [0.5, 0.6) is 5.75 Å². The van der Waals surface area contributed by atoms with E-state index in [0.717, 1.165) is 4.90 Å². The lowest BCUT2D eigenvalue weighted by atomic mass is 9.94. The number of carboxylic acid groups (broad SMARTS) is 1. The molecule has 12 heteroatoms. The number of carbonyl (C=O) groups is 3. The van der Waals surface area contributed by atoms with E-state index < -0.39 is 42.1 Å². The summed E-state index contributed by atoms with van der Waals surface area (Å²) in [4.78, 5) is 42.8. The molecule has 2 aromatic rings. The molecule has 1 N–H and O–H groups in total. The highest BCUT2D eigenvalue weighted by molar-refractivity contribution is 7.98. The van der Waals surface area contributed by atoms with Crippen LogP contribution in [0.15, 0.2) is 47.4 Å². The number of benzene rings is 2. The average Bonchev–Trinajstić information content (AvgIpc) is 3.02. The zero-order chi connectivity index (χ0) is 30.8. The lowest BCUT2D eigenvalue weighted by Crippen LogP contribution is -2.47. The van der Waals surface area contributed by atoms with Crippen LogP contribution in [0.1, 0.15) is 57.3 Å². The maximum atomic E-state index is 14.1. The van der Waals surface area contributed by atoms with E-state index in [-0.39, 0.29) is 42.9 Å². The van der Waals surface area contributed by atoms with Crippen LogP contribution in [0, 0.1) is 11.3 Å². The first-order valence-corrected chi connectivity index (χ1v) is 14.9. The van der Waals surface area contributed by atoms with Crippen molar-refractivity contribution in [3.8, 4) is 5.75 Å². The number of aliphatic carboxylic acids is 1. The molecule has 0 radical (unpaired) electrons. The summed E-state index contributed by atoms with van der Waals surface area (Å²) >= 11 is 1.43. The summed E-state index contributed by atoms with van der Waals surface area (Å²) in [6, 6.07) is 11.0. The molecule has 1 fully saturated rings. The molecule has 0 aromatic heterocycles. The van der Waals surface area contributed by atoms with Crippen LogP contribution >= 0.6 is 11.8 Å². The van der Waals surface area contributed by atoms with Gasteiger partial charge in [0, 0.05) is 41.3 Å². The number of amides is 2. The zero-order valence-corrected chi connectivity index (χ0v) is 24.8. The van der Waals surface area contributed by atoms with Gasteiger partial charge in [-0.1, -0.05) is 39.0 Å². The number of alkyl halides is 3. The summed E-state index contributed by atoms with van der Waals surface area (Å²) in [7, 11) is 0. The van der Waals surface area contributed by atoms with Crippen molar-refractivity contribution in [2.24, 2.45) is 11.3 Å². The molecule has 0 saturated carbocycles. The predicted molar refractivity (Wildman–Crippen MR) is 151 cm³/mol. The quantitative estimate of drug-likeness (QED) is 0.392. The summed E-state index contributed by atoms with van der Waals surface area (Å²) in [5, 5.41) is 9.31. The van der Waals surface area contributed by atoms with Crippen molar-refractivity contribution < 1.29 is 42.1 Å². The molecular weight excluding hydrogens is 573 g/mol. The van der Waals surface area contributed by atoms with Gasteiger partial charge in [0.25, 0.3) is 5.91 Å². The minimum Gasteiger partial charge on any atom is -0.481 e. The fraction of sp³-hybridized carbons (Fsp3) is 0.500. The second-order valence-corrected chi connectivity index (χ2v) is 12.6. The molecule has 1 saturated heterocycles. The van der Waals surface area contributed by atoms with Gasteiger partial charge < -0.3 is 24.4 Å². The number of carbonyl (C=O) groups excluding carboxylic acids is 2. The third kappa shape index (κ3) is 7.57. The van der Waals surface area contributed by atoms with E-state index >= 15 is 0 Å². The van der Waals surface area contributed by atoms with Crippen molar-refractivity contribution in [3.63, 3.8) is 0 Å². The van der Waals surface area contributed by atoms with Gasteiger partial charge in [-0.25, -0.2) is 0 Å². The molecule has 0 bridgehead atoms. The Labute approximate surface area is 247 Å². The van der Waals surface area contributed by atoms with Crippen LogP contribution in [0.3, 0.4) is 0 Å². The first kappa shape index (κ1) is 31.7. The number of fused-ring (bicyclic) bond motifs is 1. The lowest BCUT2D eigenvalue weighted by Gasteiger charge is -2.33. The molecule has 42 heavy (non-hydrogen) atoms. The topological polar surface area (TPSA) is 96.4 Å². The molecule has 228 valence electrons. The van der Waals surface area contributed by atoms with Gasteiger partial charge in [0.05, 0.1) is 12.3 Å². The number of para-hydroxylation sites is 1. The van der Waals surface area contributed by atoms with Crippen LogP contribution in [0.2, 0.25) is 0 Å². The number of nitrogens with zero attached hydrogens (tertiary/aromatic N) is 2. The number of hydrogen-bond acceptors (Lipinski definition) is 6. The van der Waals surface area contributed by atoms with Gasteiger partial charge >= 0.3 is 12.3 Å². The number of anilines is 1. The highest BCUT2D eigenvalue weighted by atomic mass is 32.2. The second-order valence-electron chi connectivity index (χ2n) is 11.7. The van der Waals surface area contributed by atoms with Crippen molar-refractivity contribution >= 4 is 35.2 Å². The Morgan fingerprint density at radius 3 is 2.33 bits per heavy atom. The fourth-order valence-corrected chi connectivity index (χ4v) is 5.74. The number of hydrogen-bond donors (Lipinski definition) is 1.